The van der Waals surface area contributed by atoms with Crippen LogP contribution in [0.3, 0.4) is 0 Å². The SMILES string of the molecule is CC1=C(C(=O)c2c[nH]c(C(=O)NC[C@H]3CCCO3)c2)C(c2ccc(Br)cc2)=CCCO1. The summed E-state index contributed by atoms with van der Waals surface area (Å²) < 4.78 is 12.3. The zero-order chi connectivity index (χ0) is 21.8. The van der Waals surface area contributed by atoms with Crippen molar-refractivity contribution in [3.8, 4) is 0 Å². The van der Waals surface area contributed by atoms with Crippen LogP contribution in [0.25, 0.3) is 5.57 Å². The summed E-state index contributed by atoms with van der Waals surface area (Å²) in [7, 11) is 0. The minimum atomic E-state index is -0.249. The maximum absolute atomic E-state index is 13.5. The second kappa shape index (κ2) is 9.66. The number of H-pyrrole nitrogens is 1. The maximum Gasteiger partial charge on any atom is 0.267 e. The maximum atomic E-state index is 13.5. The molecule has 7 heteroatoms. The number of carbonyl (C=O) groups is 2. The number of benzene rings is 1. The van der Waals surface area contributed by atoms with Gasteiger partial charge in [-0.25, -0.2) is 0 Å². The predicted octanol–water partition coefficient (Wildman–Crippen LogP) is 4.65. The molecule has 2 aliphatic rings. The lowest BCUT2D eigenvalue weighted by Crippen LogP contribution is -2.31. The van der Waals surface area contributed by atoms with Crippen molar-refractivity contribution >= 4 is 33.2 Å². The molecule has 3 heterocycles. The van der Waals surface area contributed by atoms with Crippen LogP contribution in [0.5, 0.6) is 0 Å². The van der Waals surface area contributed by atoms with E-state index in [-0.39, 0.29) is 17.8 Å². The average Bonchev–Trinajstić information content (AvgIpc) is 3.43. The molecule has 1 fully saturated rings. The summed E-state index contributed by atoms with van der Waals surface area (Å²) >= 11 is 3.45. The molecule has 2 N–H and O–H groups in total. The highest BCUT2D eigenvalue weighted by atomic mass is 79.9. The Kier molecular flexibility index (Phi) is 6.73. The van der Waals surface area contributed by atoms with E-state index in [1.165, 1.54) is 0 Å². The molecule has 0 spiro atoms. The highest BCUT2D eigenvalue weighted by Crippen LogP contribution is 2.32. The van der Waals surface area contributed by atoms with Crippen molar-refractivity contribution in [3.63, 3.8) is 0 Å². The lowest BCUT2D eigenvalue weighted by Gasteiger charge is -2.13. The summed E-state index contributed by atoms with van der Waals surface area (Å²) in [5.41, 5.74) is 3.08. The molecule has 1 saturated heterocycles. The number of Topliss-reactive ketones (excluding diaryl/α,β-unsaturated/α-hetero) is 1. The van der Waals surface area contributed by atoms with E-state index in [4.69, 9.17) is 9.47 Å². The number of halogens is 1. The van der Waals surface area contributed by atoms with Gasteiger partial charge < -0.3 is 19.8 Å². The Labute approximate surface area is 189 Å². The summed E-state index contributed by atoms with van der Waals surface area (Å²) in [6.45, 7) is 3.54. The summed E-state index contributed by atoms with van der Waals surface area (Å²) in [4.78, 5) is 28.9. The van der Waals surface area contributed by atoms with E-state index in [0.29, 0.717) is 42.2 Å². The normalized spacial score (nSPS) is 18.9. The lowest BCUT2D eigenvalue weighted by atomic mass is 9.91. The van der Waals surface area contributed by atoms with Crippen molar-refractivity contribution in [2.75, 3.05) is 19.8 Å². The molecular weight excluding hydrogens is 460 g/mol. The Morgan fingerprint density at radius 2 is 2.03 bits per heavy atom. The van der Waals surface area contributed by atoms with E-state index in [2.05, 4.69) is 26.2 Å². The Morgan fingerprint density at radius 1 is 1.23 bits per heavy atom. The minimum Gasteiger partial charge on any atom is -0.497 e. The third-order valence-electron chi connectivity index (χ3n) is 5.49. The molecule has 2 aromatic rings. The molecule has 1 atom stereocenters. The fourth-order valence-electron chi connectivity index (χ4n) is 3.86. The molecule has 0 unspecified atom stereocenters. The van der Waals surface area contributed by atoms with E-state index in [1.807, 2.05) is 37.3 Å². The summed E-state index contributed by atoms with van der Waals surface area (Å²) in [6, 6.07) is 9.45. The van der Waals surface area contributed by atoms with E-state index in [1.54, 1.807) is 12.3 Å². The number of amides is 1. The molecule has 31 heavy (non-hydrogen) atoms. The van der Waals surface area contributed by atoms with Crippen LogP contribution < -0.4 is 5.32 Å². The summed E-state index contributed by atoms with van der Waals surface area (Å²) in [6.07, 6.45) is 6.36. The van der Waals surface area contributed by atoms with Crippen molar-refractivity contribution in [3.05, 3.63) is 75.2 Å². The minimum absolute atomic E-state index is 0.0644. The Hall–Kier alpha value is -2.64. The number of aromatic nitrogens is 1. The van der Waals surface area contributed by atoms with Gasteiger partial charge in [0.05, 0.1) is 18.3 Å². The first-order valence-corrected chi connectivity index (χ1v) is 11.3. The molecule has 1 amide bonds. The van der Waals surface area contributed by atoms with Crippen molar-refractivity contribution in [2.24, 2.45) is 0 Å². The van der Waals surface area contributed by atoms with Crippen LogP contribution >= 0.6 is 15.9 Å². The van der Waals surface area contributed by atoms with Crippen LogP contribution in [-0.2, 0) is 9.47 Å². The molecule has 1 aromatic heterocycles. The first-order chi connectivity index (χ1) is 15.0. The Bertz CT molecular complexity index is 1030. The van der Waals surface area contributed by atoms with E-state index in [9.17, 15) is 9.59 Å². The Morgan fingerprint density at radius 3 is 2.77 bits per heavy atom. The number of nitrogens with one attached hydrogen (secondary N) is 2. The highest BCUT2D eigenvalue weighted by molar-refractivity contribution is 9.10. The number of aromatic amines is 1. The Balaban J connectivity index is 1.55. The van der Waals surface area contributed by atoms with Crippen LogP contribution in [0.1, 0.15) is 52.6 Å². The van der Waals surface area contributed by atoms with Crippen molar-refractivity contribution in [1.29, 1.82) is 0 Å². The highest BCUT2D eigenvalue weighted by Gasteiger charge is 2.25. The molecule has 6 nitrogen and oxygen atoms in total. The molecule has 4 rings (SSSR count). The van der Waals surface area contributed by atoms with Gasteiger partial charge in [-0.1, -0.05) is 34.1 Å². The van der Waals surface area contributed by atoms with Crippen molar-refractivity contribution in [2.45, 2.75) is 32.3 Å². The molecule has 1 aromatic carbocycles. The van der Waals surface area contributed by atoms with Crippen LogP contribution in [0.15, 0.2) is 58.4 Å². The topological polar surface area (TPSA) is 80.4 Å². The predicted molar refractivity (Wildman–Crippen MR) is 122 cm³/mol. The van der Waals surface area contributed by atoms with Gasteiger partial charge in [0.2, 0.25) is 0 Å². The fourth-order valence-corrected chi connectivity index (χ4v) is 4.13. The first kappa shape index (κ1) is 21.6. The van der Waals surface area contributed by atoms with Gasteiger partial charge in [-0.3, -0.25) is 9.59 Å². The van der Waals surface area contributed by atoms with Gasteiger partial charge in [0, 0.05) is 35.8 Å². The van der Waals surface area contributed by atoms with E-state index >= 15 is 0 Å². The lowest BCUT2D eigenvalue weighted by molar-refractivity contribution is 0.0854. The van der Waals surface area contributed by atoms with Gasteiger partial charge in [-0.05, 0) is 49.1 Å². The second-order valence-electron chi connectivity index (χ2n) is 7.67. The number of hydrogen-bond acceptors (Lipinski definition) is 4. The van der Waals surface area contributed by atoms with Crippen molar-refractivity contribution < 1.29 is 19.1 Å². The van der Waals surface area contributed by atoms with E-state index in [0.717, 1.165) is 35.1 Å². The van der Waals surface area contributed by atoms with Gasteiger partial charge in [-0.15, -0.1) is 0 Å². The van der Waals surface area contributed by atoms with Crippen LogP contribution in [-0.4, -0.2) is 42.5 Å². The molecule has 0 saturated carbocycles. The van der Waals surface area contributed by atoms with Gasteiger partial charge in [0.15, 0.2) is 5.78 Å². The van der Waals surface area contributed by atoms with Gasteiger partial charge >= 0.3 is 0 Å². The van der Waals surface area contributed by atoms with Crippen LogP contribution in [0, 0.1) is 0 Å². The zero-order valence-electron chi connectivity index (χ0n) is 17.4. The van der Waals surface area contributed by atoms with E-state index < -0.39 is 0 Å². The van der Waals surface area contributed by atoms with Crippen molar-refractivity contribution in [1.82, 2.24) is 10.3 Å². The summed E-state index contributed by atoms with van der Waals surface area (Å²) in [5.74, 6) is 0.159. The number of carbonyl (C=O) groups excluding carboxylic acids is 2. The number of ketones is 1. The summed E-state index contributed by atoms with van der Waals surface area (Å²) in [5, 5.41) is 2.87. The van der Waals surface area contributed by atoms with Gasteiger partial charge in [-0.2, -0.15) is 0 Å². The fraction of sp³-hybridized carbons (Fsp3) is 0.333. The zero-order valence-corrected chi connectivity index (χ0v) is 19.0. The molecule has 0 radical (unpaired) electrons. The van der Waals surface area contributed by atoms with Crippen LogP contribution in [0.4, 0.5) is 0 Å². The number of hydrogen-bond donors (Lipinski definition) is 2. The molecular formula is C24H25BrN2O4. The second-order valence-corrected chi connectivity index (χ2v) is 8.58. The number of rotatable bonds is 6. The third-order valence-corrected chi connectivity index (χ3v) is 6.02. The molecule has 2 aliphatic heterocycles. The molecule has 0 aliphatic carbocycles. The largest absolute Gasteiger partial charge is 0.497 e. The molecule has 162 valence electrons. The average molecular weight is 485 g/mol. The first-order valence-electron chi connectivity index (χ1n) is 10.5. The standard InChI is InChI=1S/C24H25BrN2O4/c1-15-22(20(5-3-10-30-15)16-6-8-18(25)9-7-16)23(28)17-12-21(26-13-17)24(29)27-14-19-4-2-11-31-19/h5-9,12-13,19,26H,2-4,10-11,14H2,1H3,(H,27,29)/t19-/m1/s1. The van der Waals surface area contributed by atoms with Gasteiger partial charge in [0.1, 0.15) is 11.5 Å². The monoisotopic (exact) mass is 484 g/mol. The molecule has 0 bridgehead atoms. The van der Waals surface area contributed by atoms with Crippen LogP contribution in [0.2, 0.25) is 0 Å². The third kappa shape index (κ3) is 4.99. The smallest absolute Gasteiger partial charge is 0.267 e. The number of ether oxygens (including phenoxy) is 2. The number of allylic oxidation sites excluding steroid dienone is 3. The van der Waals surface area contributed by atoms with Gasteiger partial charge in [0.25, 0.3) is 5.91 Å². The quantitative estimate of drug-likeness (QED) is 0.584.